The lowest BCUT2D eigenvalue weighted by atomic mass is 10.2. The normalized spacial score (nSPS) is 17.1. The fraction of sp³-hybridized carbons (Fsp3) is 0.333. The number of nitrogens with zero attached hydrogens (tertiary/aromatic N) is 1. The summed E-state index contributed by atoms with van der Waals surface area (Å²) in [6, 6.07) is 2.56. The first-order chi connectivity index (χ1) is 9.82. The minimum absolute atomic E-state index is 0.0845. The Morgan fingerprint density at radius 3 is 2.71 bits per heavy atom. The van der Waals surface area contributed by atoms with Gasteiger partial charge in [0.1, 0.15) is 10.7 Å². The molecule has 0 aromatic heterocycles. The van der Waals surface area contributed by atoms with E-state index in [-0.39, 0.29) is 18.7 Å². The molecule has 0 unspecified atom stereocenters. The van der Waals surface area contributed by atoms with E-state index in [9.17, 15) is 22.4 Å². The molecule has 1 aliphatic rings. The topological polar surface area (TPSA) is 104 Å². The molecule has 2 rings (SSSR count). The number of rotatable bonds is 3. The van der Waals surface area contributed by atoms with Crippen molar-refractivity contribution in [3.63, 3.8) is 0 Å². The maximum atomic E-state index is 13.9. The molecule has 1 heterocycles. The van der Waals surface area contributed by atoms with E-state index in [0.29, 0.717) is 19.0 Å². The molecular weight excluding hydrogens is 303 g/mol. The second-order valence-corrected chi connectivity index (χ2v) is 6.40. The lowest BCUT2D eigenvalue weighted by Crippen LogP contribution is -2.37. The second kappa shape index (κ2) is 5.78. The van der Waals surface area contributed by atoms with Crippen LogP contribution in [0.3, 0.4) is 0 Å². The molecule has 2 N–H and O–H groups in total. The molecule has 0 atom stereocenters. The standard InChI is InChI=1S/C12H13FN2O5S/c13-9-6-8(12(17)18)2-3-10(9)21(19,20)15-5-1-4-14-11(16)7-15/h2-3,6H,1,4-5,7H2,(H,14,16)(H,17,18). The van der Waals surface area contributed by atoms with Crippen molar-refractivity contribution in [2.45, 2.75) is 11.3 Å². The summed E-state index contributed by atoms with van der Waals surface area (Å²) in [5.74, 6) is -2.97. The molecule has 0 spiro atoms. The highest BCUT2D eigenvalue weighted by Gasteiger charge is 2.30. The van der Waals surface area contributed by atoms with E-state index in [1.165, 1.54) is 0 Å². The van der Waals surface area contributed by atoms with E-state index in [1.54, 1.807) is 0 Å². The molecule has 1 aliphatic heterocycles. The first-order valence-electron chi connectivity index (χ1n) is 6.12. The third-order valence-electron chi connectivity index (χ3n) is 3.02. The molecule has 1 amide bonds. The van der Waals surface area contributed by atoms with Crippen LogP contribution in [0.1, 0.15) is 16.8 Å². The molecule has 0 aliphatic carbocycles. The quantitative estimate of drug-likeness (QED) is 0.819. The van der Waals surface area contributed by atoms with E-state index in [4.69, 9.17) is 5.11 Å². The number of sulfonamides is 1. The van der Waals surface area contributed by atoms with Crippen molar-refractivity contribution in [2.75, 3.05) is 19.6 Å². The highest BCUT2D eigenvalue weighted by Crippen LogP contribution is 2.21. The maximum absolute atomic E-state index is 13.9. The summed E-state index contributed by atoms with van der Waals surface area (Å²) in [4.78, 5) is 21.5. The van der Waals surface area contributed by atoms with Crippen molar-refractivity contribution < 1.29 is 27.5 Å². The van der Waals surface area contributed by atoms with Gasteiger partial charge in [0, 0.05) is 13.1 Å². The zero-order valence-corrected chi connectivity index (χ0v) is 11.7. The molecule has 21 heavy (non-hydrogen) atoms. The Morgan fingerprint density at radius 1 is 1.38 bits per heavy atom. The average Bonchev–Trinajstić information content (AvgIpc) is 2.63. The minimum atomic E-state index is -4.19. The van der Waals surface area contributed by atoms with E-state index >= 15 is 0 Å². The number of hydrogen-bond acceptors (Lipinski definition) is 4. The van der Waals surface area contributed by atoms with Gasteiger partial charge in [-0.15, -0.1) is 0 Å². The van der Waals surface area contributed by atoms with Crippen molar-refractivity contribution in [3.05, 3.63) is 29.6 Å². The number of carbonyl (C=O) groups is 2. The molecular formula is C12H13FN2O5S. The van der Waals surface area contributed by atoms with E-state index < -0.39 is 32.6 Å². The van der Waals surface area contributed by atoms with Crippen LogP contribution in [0, 0.1) is 5.82 Å². The molecule has 0 radical (unpaired) electrons. The average molecular weight is 316 g/mol. The van der Waals surface area contributed by atoms with Crippen LogP contribution in [0.25, 0.3) is 0 Å². The number of benzene rings is 1. The second-order valence-electron chi connectivity index (χ2n) is 4.49. The van der Waals surface area contributed by atoms with Crippen LogP contribution in [0.5, 0.6) is 0 Å². The van der Waals surface area contributed by atoms with Crippen LogP contribution in [-0.4, -0.2) is 49.3 Å². The summed E-state index contributed by atoms with van der Waals surface area (Å²) in [5, 5.41) is 11.3. The largest absolute Gasteiger partial charge is 0.478 e. The lowest BCUT2D eigenvalue weighted by molar-refractivity contribution is -0.120. The smallest absolute Gasteiger partial charge is 0.335 e. The van der Waals surface area contributed by atoms with Gasteiger partial charge in [-0.05, 0) is 24.6 Å². The van der Waals surface area contributed by atoms with E-state index in [0.717, 1.165) is 16.4 Å². The van der Waals surface area contributed by atoms with Gasteiger partial charge in [0.05, 0.1) is 12.1 Å². The van der Waals surface area contributed by atoms with Crippen molar-refractivity contribution in [1.82, 2.24) is 9.62 Å². The first kappa shape index (κ1) is 15.4. The molecule has 7 nitrogen and oxygen atoms in total. The highest BCUT2D eigenvalue weighted by atomic mass is 32.2. The fourth-order valence-electron chi connectivity index (χ4n) is 1.97. The van der Waals surface area contributed by atoms with Crippen LogP contribution in [0.4, 0.5) is 4.39 Å². The fourth-order valence-corrected chi connectivity index (χ4v) is 3.45. The Hall–Kier alpha value is -2.00. The third kappa shape index (κ3) is 3.19. The van der Waals surface area contributed by atoms with Gasteiger partial charge in [-0.3, -0.25) is 4.79 Å². The molecule has 9 heteroatoms. The summed E-state index contributed by atoms with van der Waals surface area (Å²) < 4.78 is 39.5. The number of carboxylic acid groups (broad SMARTS) is 1. The van der Waals surface area contributed by atoms with Crippen molar-refractivity contribution in [2.24, 2.45) is 0 Å². The number of carboxylic acids is 1. The number of halogens is 1. The number of amides is 1. The predicted octanol–water partition coefficient (Wildman–Crippen LogP) is 0.0345. The molecule has 1 aromatic carbocycles. The van der Waals surface area contributed by atoms with Crippen LogP contribution in [-0.2, 0) is 14.8 Å². The Balaban J connectivity index is 2.39. The van der Waals surface area contributed by atoms with Gasteiger partial charge in [0.2, 0.25) is 15.9 Å². The number of hydrogen-bond donors (Lipinski definition) is 2. The lowest BCUT2D eigenvalue weighted by Gasteiger charge is -2.19. The predicted molar refractivity (Wildman–Crippen MR) is 69.7 cm³/mol. The number of nitrogens with one attached hydrogen (secondary N) is 1. The summed E-state index contributed by atoms with van der Waals surface area (Å²) >= 11 is 0. The summed E-state index contributed by atoms with van der Waals surface area (Å²) in [5.41, 5.74) is -0.347. The Kier molecular flexibility index (Phi) is 4.24. The van der Waals surface area contributed by atoms with Gasteiger partial charge in [-0.25, -0.2) is 17.6 Å². The van der Waals surface area contributed by atoms with Gasteiger partial charge < -0.3 is 10.4 Å². The monoisotopic (exact) mass is 316 g/mol. The molecule has 114 valence electrons. The maximum Gasteiger partial charge on any atom is 0.335 e. The highest BCUT2D eigenvalue weighted by molar-refractivity contribution is 7.89. The van der Waals surface area contributed by atoms with Crippen molar-refractivity contribution in [3.8, 4) is 0 Å². The van der Waals surface area contributed by atoms with E-state index in [1.807, 2.05) is 0 Å². The Bertz CT molecular complexity index is 689. The molecule has 0 saturated carbocycles. The molecule has 1 aromatic rings. The van der Waals surface area contributed by atoms with Crippen LogP contribution in [0.2, 0.25) is 0 Å². The molecule has 0 bridgehead atoms. The minimum Gasteiger partial charge on any atom is -0.478 e. The first-order valence-corrected chi connectivity index (χ1v) is 7.56. The molecule has 1 fully saturated rings. The number of aromatic carboxylic acids is 1. The van der Waals surface area contributed by atoms with Crippen molar-refractivity contribution in [1.29, 1.82) is 0 Å². The summed E-state index contributed by atoms with van der Waals surface area (Å²) in [6.07, 6.45) is 0.416. The van der Waals surface area contributed by atoms with Gasteiger partial charge >= 0.3 is 5.97 Å². The SMILES string of the molecule is O=C1CN(S(=O)(=O)c2ccc(C(=O)O)cc2F)CCCN1. The zero-order chi connectivity index (χ0) is 15.6. The van der Waals surface area contributed by atoms with Gasteiger partial charge in [0.15, 0.2) is 0 Å². The summed E-state index contributed by atoms with van der Waals surface area (Å²) in [7, 11) is -4.19. The number of carbonyl (C=O) groups excluding carboxylic acids is 1. The Labute approximate surface area is 120 Å². The summed E-state index contributed by atoms with van der Waals surface area (Å²) in [6.45, 7) is 0.0505. The van der Waals surface area contributed by atoms with Gasteiger partial charge in [0.25, 0.3) is 0 Å². The Morgan fingerprint density at radius 2 is 2.10 bits per heavy atom. The van der Waals surface area contributed by atoms with Gasteiger partial charge in [-0.2, -0.15) is 4.31 Å². The van der Waals surface area contributed by atoms with Gasteiger partial charge in [-0.1, -0.05) is 0 Å². The zero-order valence-electron chi connectivity index (χ0n) is 10.9. The van der Waals surface area contributed by atoms with Crippen LogP contribution in [0.15, 0.2) is 23.1 Å². The van der Waals surface area contributed by atoms with Crippen molar-refractivity contribution >= 4 is 21.9 Å². The van der Waals surface area contributed by atoms with Crippen LogP contribution < -0.4 is 5.32 Å². The third-order valence-corrected chi connectivity index (χ3v) is 4.90. The van der Waals surface area contributed by atoms with Crippen LogP contribution >= 0.6 is 0 Å². The molecule has 1 saturated heterocycles. The van der Waals surface area contributed by atoms with E-state index in [2.05, 4.69) is 5.32 Å².